The van der Waals surface area contributed by atoms with Gasteiger partial charge in [0, 0.05) is 22.6 Å². The summed E-state index contributed by atoms with van der Waals surface area (Å²) in [5.74, 6) is 0.927. The normalized spacial score (nSPS) is 16.5. The zero-order valence-corrected chi connectivity index (χ0v) is 19.2. The molecular formula is C25H23ClFN5O2. The zero-order chi connectivity index (χ0) is 23.5. The van der Waals surface area contributed by atoms with Gasteiger partial charge in [-0.1, -0.05) is 23.7 Å². The van der Waals surface area contributed by atoms with Crippen LogP contribution in [0.3, 0.4) is 0 Å². The zero-order valence-electron chi connectivity index (χ0n) is 18.4. The quantitative estimate of drug-likeness (QED) is 0.451. The Balaban J connectivity index is 1.32. The average Bonchev–Trinajstić information content (AvgIpc) is 3.32. The maximum absolute atomic E-state index is 13.4. The smallest absolute Gasteiger partial charge is 0.289 e. The Morgan fingerprint density at radius 1 is 1.12 bits per heavy atom. The first kappa shape index (κ1) is 22.0. The van der Waals surface area contributed by atoms with E-state index in [4.69, 9.17) is 26.1 Å². The van der Waals surface area contributed by atoms with E-state index >= 15 is 0 Å². The van der Waals surface area contributed by atoms with Gasteiger partial charge in [0.2, 0.25) is 0 Å². The summed E-state index contributed by atoms with van der Waals surface area (Å²) in [5, 5.41) is 10.4. The summed E-state index contributed by atoms with van der Waals surface area (Å²) >= 11 is 6.47. The van der Waals surface area contributed by atoms with E-state index in [0.717, 1.165) is 28.2 Å². The Morgan fingerprint density at radius 2 is 1.97 bits per heavy atom. The van der Waals surface area contributed by atoms with Crippen LogP contribution >= 0.6 is 11.6 Å². The largest absolute Gasteiger partial charge is 0.487 e. The monoisotopic (exact) mass is 479 g/mol. The van der Waals surface area contributed by atoms with Crippen LogP contribution < -0.4 is 20.7 Å². The van der Waals surface area contributed by atoms with E-state index in [1.165, 1.54) is 12.1 Å². The minimum absolute atomic E-state index is 0.0966. The lowest BCUT2D eigenvalue weighted by atomic mass is 10.1. The van der Waals surface area contributed by atoms with Gasteiger partial charge in [0.1, 0.15) is 36.8 Å². The molecule has 0 spiro atoms. The van der Waals surface area contributed by atoms with Crippen molar-refractivity contribution in [2.24, 2.45) is 9.98 Å². The summed E-state index contributed by atoms with van der Waals surface area (Å²) in [7, 11) is 0. The van der Waals surface area contributed by atoms with E-state index in [-0.39, 0.29) is 18.6 Å². The van der Waals surface area contributed by atoms with Crippen LogP contribution in [-0.4, -0.2) is 31.2 Å². The summed E-state index contributed by atoms with van der Waals surface area (Å²) in [6.07, 6.45) is -0.0966. The van der Waals surface area contributed by atoms with Crippen LogP contribution in [-0.2, 0) is 11.3 Å². The van der Waals surface area contributed by atoms with E-state index in [9.17, 15) is 4.39 Å². The standard InChI is InChI=1S/C25H23ClFN5O2/c1-15-29-22-7-5-18(32-25-28-9-10-33-25)12-20(22)24(30-15)31-19-6-8-23(21(26)13-19)34-14-16-3-2-4-17(27)11-16/h2-8,11-13,15,29H,9-10,14H2,1H3,(H,28,32)(H,30,31). The van der Waals surface area contributed by atoms with Crippen molar-refractivity contribution in [1.82, 2.24) is 0 Å². The molecule has 2 aliphatic heterocycles. The number of hydrogen-bond donors (Lipinski definition) is 3. The van der Waals surface area contributed by atoms with Gasteiger partial charge >= 0.3 is 0 Å². The molecule has 7 nitrogen and oxygen atoms in total. The molecule has 0 bridgehead atoms. The van der Waals surface area contributed by atoms with Crippen LogP contribution in [0.1, 0.15) is 18.1 Å². The van der Waals surface area contributed by atoms with Gasteiger partial charge in [-0.25, -0.2) is 14.4 Å². The van der Waals surface area contributed by atoms with Gasteiger partial charge in [-0.3, -0.25) is 0 Å². The van der Waals surface area contributed by atoms with Crippen molar-refractivity contribution >= 4 is 40.5 Å². The molecule has 0 aromatic heterocycles. The predicted molar refractivity (Wildman–Crippen MR) is 134 cm³/mol. The van der Waals surface area contributed by atoms with Crippen molar-refractivity contribution in [3.05, 3.63) is 82.6 Å². The van der Waals surface area contributed by atoms with Crippen LogP contribution in [0.2, 0.25) is 5.02 Å². The van der Waals surface area contributed by atoms with Gasteiger partial charge in [0.05, 0.1) is 11.6 Å². The average molecular weight is 480 g/mol. The van der Waals surface area contributed by atoms with Gasteiger partial charge in [-0.2, -0.15) is 0 Å². The maximum atomic E-state index is 13.4. The first-order valence-corrected chi connectivity index (χ1v) is 11.3. The number of hydrogen-bond acceptors (Lipinski definition) is 7. The molecular weight excluding hydrogens is 457 g/mol. The number of anilines is 3. The minimum atomic E-state index is -0.300. The summed E-state index contributed by atoms with van der Waals surface area (Å²) in [4.78, 5) is 9.00. The molecule has 0 aliphatic carbocycles. The molecule has 0 saturated carbocycles. The van der Waals surface area contributed by atoms with E-state index < -0.39 is 0 Å². The lowest BCUT2D eigenvalue weighted by Crippen LogP contribution is -2.27. The lowest BCUT2D eigenvalue weighted by molar-refractivity contribution is 0.306. The lowest BCUT2D eigenvalue weighted by Gasteiger charge is -2.25. The molecule has 2 heterocycles. The molecule has 3 aromatic rings. The Labute approximate surface area is 201 Å². The highest BCUT2D eigenvalue weighted by Gasteiger charge is 2.20. The second-order valence-corrected chi connectivity index (χ2v) is 8.31. The van der Waals surface area contributed by atoms with Gasteiger partial charge in [0.15, 0.2) is 0 Å². The molecule has 1 atom stereocenters. The molecule has 0 fully saturated rings. The second kappa shape index (κ2) is 9.61. The molecule has 3 aromatic carbocycles. The number of rotatable bonds is 5. The van der Waals surface area contributed by atoms with Crippen molar-refractivity contribution in [3.8, 4) is 5.75 Å². The van der Waals surface area contributed by atoms with E-state index in [2.05, 4.69) is 20.9 Å². The predicted octanol–water partition coefficient (Wildman–Crippen LogP) is 5.49. The van der Waals surface area contributed by atoms with Crippen molar-refractivity contribution in [3.63, 3.8) is 0 Å². The van der Waals surface area contributed by atoms with Gasteiger partial charge in [0.25, 0.3) is 6.02 Å². The number of ether oxygens (including phenoxy) is 2. The molecule has 9 heteroatoms. The first-order chi connectivity index (χ1) is 16.5. The van der Waals surface area contributed by atoms with E-state index in [1.807, 2.05) is 31.2 Å². The van der Waals surface area contributed by atoms with Crippen LogP contribution in [0.15, 0.2) is 70.6 Å². The number of halogens is 2. The third-order valence-corrected chi connectivity index (χ3v) is 5.57. The van der Waals surface area contributed by atoms with Crippen molar-refractivity contribution in [1.29, 1.82) is 0 Å². The van der Waals surface area contributed by atoms with Crippen LogP contribution in [0.4, 0.5) is 21.5 Å². The summed E-state index contributed by atoms with van der Waals surface area (Å²) in [5.41, 5.74) is 4.22. The highest BCUT2D eigenvalue weighted by Crippen LogP contribution is 2.31. The molecule has 2 aliphatic rings. The van der Waals surface area contributed by atoms with Gasteiger partial charge < -0.3 is 25.4 Å². The molecule has 3 N–H and O–H groups in total. The Morgan fingerprint density at radius 3 is 2.76 bits per heavy atom. The van der Waals surface area contributed by atoms with Crippen LogP contribution in [0, 0.1) is 5.82 Å². The van der Waals surface area contributed by atoms with Crippen molar-refractivity contribution in [2.75, 3.05) is 29.1 Å². The summed E-state index contributed by atoms with van der Waals surface area (Å²) in [6.45, 7) is 3.44. The fourth-order valence-corrected chi connectivity index (χ4v) is 3.95. The van der Waals surface area contributed by atoms with Crippen LogP contribution in [0.25, 0.3) is 0 Å². The van der Waals surface area contributed by atoms with E-state index in [1.54, 1.807) is 24.3 Å². The fraction of sp³-hybridized carbons (Fsp3) is 0.200. The summed E-state index contributed by atoms with van der Waals surface area (Å²) < 4.78 is 24.6. The molecule has 0 amide bonds. The number of fused-ring (bicyclic) bond motifs is 1. The number of nitrogens with one attached hydrogen (secondary N) is 3. The highest BCUT2D eigenvalue weighted by molar-refractivity contribution is 6.32. The topological polar surface area (TPSA) is 79.3 Å². The molecule has 174 valence electrons. The van der Waals surface area contributed by atoms with Crippen molar-refractivity contribution < 1.29 is 13.9 Å². The number of nitrogens with zero attached hydrogens (tertiary/aromatic N) is 2. The Hall–Kier alpha value is -3.78. The number of benzene rings is 3. The van der Waals surface area contributed by atoms with Crippen LogP contribution in [0.5, 0.6) is 5.75 Å². The molecule has 5 rings (SSSR count). The molecule has 0 saturated heterocycles. The van der Waals surface area contributed by atoms with E-state index in [0.29, 0.717) is 35.8 Å². The molecule has 34 heavy (non-hydrogen) atoms. The number of amidine groups is 2. The maximum Gasteiger partial charge on any atom is 0.289 e. The number of aliphatic imine (C=N–C) groups is 2. The third-order valence-electron chi connectivity index (χ3n) is 5.28. The Kier molecular flexibility index (Phi) is 6.22. The molecule has 0 radical (unpaired) electrons. The SMILES string of the molecule is CC1N=C(Nc2ccc(OCc3cccc(F)c3)c(Cl)c2)c2cc(NC3=NCCO3)ccc2N1. The van der Waals surface area contributed by atoms with Gasteiger partial charge in [-0.15, -0.1) is 0 Å². The minimum Gasteiger partial charge on any atom is -0.487 e. The highest BCUT2D eigenvalue weighted by atomic mass is 35.5. The third kappa shape index (κ3) is 5.07. The fourth-order valence-electron chi connectivity index (χ4n) is 3.72. The van der Waals surface area contributed by atoms with Gasteiger partial charge in [-0.05, 0) is 61.0 Å². The summed E-state index contributed by atoms with van der Waals surface area (Å²) in [6, 6.07) is 18.2. The first-order valence-electron chi connectivity index (χ1n) is 10.9. The molecule has 1 unspecified atom stereocenters. The Bertz CT molecular complexity index is 1280. The van der Waals surface area contributed by atoms with Crippen molar-refractivity contribution in [2.45, 2.75) is 19.7 Å². The second-order valence-electron chi connectivity index (χ2n) is 7.91.